The number of nitrogens with zero attached hydrogens (tertiary/aromatic N) is 3. The molecule has 150 valence electrons. The smallest absolute Gasteiger partial charge is 0.231 e. The van der Waals surface area contributed by atoms with Gasteiger partial charge in [-0.2, -0.15) is 0 Å². The number of hydrogen-bond acceptors (Lipinski definition) is 6. The van der Waals surface area contributed by atoms with Gasteiger partial charge in [0.15, 0.2) is 5.78 Å². The van der Waals surface area contributed by atoms with Crippen molar-refractivity contribution >= 4 is 22.6 Å². The minimum Gasteiger partial charge on any atom is -0.391 e. The Morgan fingerprint density at radius 1 is 1.28 bits per heavy atom. The third-order valence-corrected chi connectivity index (χ3v) is 5.30. The van der Waals surface area contributed by atoms with Crippen molar-refractivity contribution in [1.29, 1.82) is 0 Å². The van der Waals surface area contributed by atoms with Crippen LogP contribution in [0.25, 0.3) is 10.9 Å². The van der Waals surface area contributed by atoms with Crippen molar-refractivity contribution in [1.82, 2.24) is 15.0 Å². The van der Waals surface area contributed by atoms with E-state index in [4.69, 9.17) is 4.52 Å². The summed E-state index contributed by atoms with van der Waals surface area (Å²) < 4.78 is 5.11. The molecule has 3 heterocycles. The number of aliphatic hydroxyl groups excluding tert-OH is 1. The van der Waals surface area contributed by atoms with Crippen molar-refractivity contribution in [3.63, 3.8) is 0 Å². The molecule has 1 aromatic carbocycles. The lowest BCUT2D eigenvalue weighted by Gasteiger charge is -2.23. The van der Waals surface area contributed by atoms with Crippen LogP contribution in [0, 0.1) is 6.92 Å². The molecule has 1 aliphatic heterocycles. The van der Waals surface area contributed by atoms with E-state index in [0.29, 0.717) is 24.3 Å². The molecule has 1 fully saturated rings. The fraction of sp³-hybridized carbons (Fsp3) is 0.364. The number of pyridine rings is 1. The standard InChI is InChI=1S/C22H23N3O4/c1-14-9-18(29-24-14)12-22(28)25-13-17(26)11-20(25)21(27)7-5-15-4-6-16-3-2-8-23-19(16)10-15/h2-4,6,8-10,17,20,26H,5,7,11-13H2,1H3/t17-,20+/m1/s1. The molecule has 7 nitrogen and oxygen atoms in total. The first kappa shape index (κ1) is 19.3. The van der Waals surface area contributed by atoms with Crippen molar-refractivity contribution < 1.29 is 19.2 Å². The number of likely N-dealkylation sites (tertiary alicyclic amines) is 1. The lowest BCUT2D eigenvalue weighted by atomic mass is 10.0. The molecule has 0 aliphatic carbocycles. The highest BCUT2D eigenvalue weighted by Gasteiger charge is 2.38. The predicted octanol–water partition coefficient (Wildman–Crippen LogP) is 2.24. The minimum atomic E-state index is -0.686. The van der Waals surface area contributed by atoms with Crippen LogP contribution in [0.3, 0.4) is 0 Å². The summed E-state index contributed by atoms with van der Waals surface area (Å²) in [6.07, 6.45) is 2.25. The van der Waals surface area contributed by atoms with E-state index in [0.717, 1.165) is 16.5 Å². The maximum absolute atomic E-state index is 12.8. The molecule has 2 atom stereocenters. The summed E-state index contributed by atoms with van der Waals surface area (Å²) in [6.45, 7) is 1.95. The molecule has 0 saturated carbocycles. The van der Waals surface area contributed by atoms with Gasteiger partial charge in [0.05, 0.1) is 29.8 Å². The number of aryl methyl sites for hydroxylation is 2. The maximum atomic E-state index is 12.8. The highest BCUT2D eigenvalue weighted by atomic mass is 16.5. The molecule has 0 spiro atoms. The van der Waals surface area contributed by atoms with Gasteiger partial charge in [0.25, 0.3) is 0 Å². The quantitative estimate of drug-likeness (QED) is 0.690. The van der Waals surface area contributed by atoms with Gasteiger partial charge < -0.3 is 14.5 Å². The molecule has 4 rings (SSSR count). The number of carbonyl (C=O) groups excluding carboxylic acids is 2. The number of benzene rings is 1. The number of ketones is 1. The number of carbonyl (C=O) groups is 2. The van der Waals surface area contributed by atoms with E-state index in [-0.39, 0.29) is 31.1 Å². The zero-order chi connectivity index (χ0) is 20.4. The summed E-state index contributed by atoms with van der Waals surface area (Å²) in [7, 11) is 0. The van der Waals surface area contributed by atoms with Crippen molar-refractivity contribution in [3.8, 4) is 0 Å². The Kier molecular flexibility index (Phi) is 5.40. The minimum absolute atomic E-state index is 0.0354. The van der Waals surface area contributed by atoms with Gasteiger partial charge in [0, 0.05) is 37.0 Å². The van der Waals surface area contributed by atoms with Gasteiger partial charge in [0.1, 0.15) is 5.76 Å². The van der Waals surface area contributed by atoms with E-state index in [1.807, 2.05) is 30.3 Å². The Morgan fingerprint density at radius 3 is 2.93 bits per heavy atom. The van der Waals surface area contributed by atoms with Gasteiger partial charge in [-0.15, -0.1) is 0 Å². The number of β-amino-alcohol motifs (C(OH)–C–C–N with tert-alkyl or cyclic N) is 1. The molecule has 2 aromatic heterocycles. The van der Waals surface area contributed by atoms with E-state index in [1.54, 1.807) is 19.2 Å². The van der Waals surface area contributed by atoms with Gasteiger partial charge in [-0.25, -0.2) is 0 Å². The molecule has 1 amide bonds. The van der Waals surface area contributed by atoms with Gasteiger partial charge in [0.2, 0.25) is 5.91 Å². The van der Waals surface area contributed by atoms with Crippen molar-refractivity contribution in [2.45, 2.75) is 44.8 Å². The normalized spacial score (nSPS) is 19.0. The highest BCUT2D eigenvalue weighted by molar-refractivity contribution is 5.90. The topological polar surface area (TPSA) is 96.5 Å². The summed E-state index contributed by atoms with van der Waals surface area (Å²) in [5, 5.41) is 14.9. The van der Waals surface area contributed by atoms with Crippen LogP contribution in [0.5, 0.6) is 0 Å². The number of aromatic nitrogens is 2. The van der Waals surface area contributed by atoms with E-state index in [9.17, 15) is 14.7 Å². The molecule has 3 aromatic rings. The maximum Gasteiger partial charge on any atom is 0.231 e. The summed E-state index contributed by atoms with van der Waals surface area (Å²) in [5.74, 6) is 0.194. The van der Waals surface area contributed by atoms with Gasteiger partial charge in [-0.1, -0.05) is 23.4 Å². The monoisotopic (exact) mass is 393 g/mol. The molecule has 1 saturated heterocycles. The van der Waals surface area contributed by atoms with Crippen LogP contribution >= 0.6 is 0 Å². The molecule has 1 aliphatic rings. The number of amides is 1. The molecule has 0 unspecified atom stereocenters. The zero-order valence-electron chi connectivity index (χ0n) is 16.2. The van der Waals surface area contributed by atoms with E-state index < -0.39 is 12.1 Å². The van der Waals surface area contributed by atoms with Crippen LogP contribution in [0.15, 0.2) is 47.1 Å². The summed E-state index contributed by atoms with van der Waals surface area (Å²) in [4.78, 5) is 31.3. The Balaban J connectivity index is 1.40. The first-order valence-electron chi connectivity index (χ1n) is 9.75. The predicted molar refractivity (Wildman–Crippen MR) is 106 cm³/mol. The Morgan fingerprint density at radius 2 is 2.14 bits per heavy atom. The van der Waals surface area contributed by atoms with Crippen LogP contribution in [0.2, 0.25) is 0 Å². The van der Waals surface area contributed by atoms with Gasteiger partial charge in [-0.3, -0.25) is 14.6 Å². The summed E-state index contributed by atoms with van der Waals surface area (Å²) >= 11 is 0. The average molecular weight is 393 g/mol. The Hall–Kier alpha value is -3.06. The molecule has 29 heavy (non-hydrogen) atoms. The fourth-order valence-corrected chi connectivity index (χ4v) is 3.85. The number of fused-ring (bicyclic) bond motifs is 1. The number of rotatable bonds is 6. The molecular formula is C22H23N3O4. The van der Waals surface area contributed by atoms with Crippen LogP contribution < -0.4 is 0 Å². The zero-order valence-corrected chi connectivity index (χ0v) is 16.2. The first-order valence-corrected chi connectivity index (χ1v) is 9.75. The molecule has 1 N–H and O–H groups in total. The molecule has 0 bridgehead atoms. The van der Waals surface area contributed by atoms with E-state index in [2.05, 4.69) is 10.1 Å². The molecule has 0 radical (unpaired) electrons. The average Bonchev–Trinajstić information content (AvgIpc) is 3.31. The van der Waals surface area contributed by atoms with Gasteiger partial charge in [-0.05, 0) is 31.0 Å². The SMILES string of the molecule is Cc1cc(CC(=O)N2C[C@H](O)C[C@H]2C(=O)CCc2ccc3cccnc3c2)on1. The second-order valence-corrected chi connectivity index (χ2v) is 7.56. The molecular weight excluding hydrogens is 370 g/mol. The number of Topliss-reactive ketones (excluding diaryl/α,β-unsaturated/α-hetero) is 1. The van der Waals surface area contributed by atoms with Gasteiger partial charge >= 0.3 is 0 Å². The Bertz CT molecular complexity index is 1050. The number of hydrogen-bond donors (Lipinski definition) is 1. The van der Waals surface area contributed by atoms with Crippen molar-refractivity contribution in [2.75, 3.05) is 6.54 Å². The molecule has 7 heteroatoms. The fourth-order valence-electron chi connectivity index (χ4n) is 3.85. The van der Waals surface area contributed by atoms with Crippen LogP contribution in [-0.2, 0) is 22.4 Å². The van der Waals surface area contributed by atoms with Crippen LogP contribution in [-0.4, -0.2) is 50.5 Å². The van der Waals surface area contributed by atoms with Crippen LogP contribution in [0.1, 0.15) is 29.9 Å². The van der Waals surface area contributed by atoms with Crippen molar-refractivity contribution in [3.05, 3.63) is 59.6 Å². The van der Waals surface area contributed by atoms with Crippen molar-refractivity contribution in [2.24, 2.45) is 0 Å². The first-order chi connectivity index (χ1) is 14.0. The lowest BCUT2D eigenvalue weighted by molar-refractivity contribution is -0.137. The second-order valence-electron chi connectivity index (χ2n) is 7.56. The summed E-state index contributed by atoms with van der Waals surface area (Å²) in [6, 6.07) is 11.0. The Labute approximate surface area is 168 Å². The highest BCUT2D eigenvalue weighted by Crippen LogP contribution is 2.23. The van der Waals surface area contributed by atoms with E-state index >= 15 is 0 Å². The third-order valence-electron chi connectivity index (χ3n) is 5.30. The third kappa shape index (κ3) is 4.35. The lowest BCUT2D eigenvalue weighted by Crippen LogP contribution is -2.41. The number of aliphatic hydroxyl groups is 1. The summed E-state index contributed by atoms with van der Waals surface area (Å²) in [5.41, 5.74) is 2.62. The van der Waals surface area contributed by atoms with E-state index in [1.165, 1.54) is 4.90 Å². The van der Waals surface area contributed by atoms with Crippen LogP contribution in [0.4, 0.5) is 0 Å². The second kappa shape index (κ2) is 8.13. The largest absolute Gasteiger partial charge is 0.391 e.